The van der Waals surface area contributed by atoms with Crippen LogP contribution in [0.2, 0.25) is 0 Å². The molecule has 210 valence electrons. The number of pyridine rings is 1. The highest BCUT2D eigenvalue weighted by Gasteiger charge is 2.29. The molecule has 10 heteroatoms. The second-order valence-corrected chi connectivity index (χ2v) is 13.4. The minimum absolute atomic E-state index is 0.194. The summed E-state index contributed by atoms with van der Waals surface area (Å²) in [4.78, 5) is 22.0. The van der Waals surface area contributed by atoms with Crippen molar-refractivity contribution in [2.75, 3.05) is 48.8 Å². The van der Waals surface area contributed by atoms with Gasteiger partial charge in [0.2, 0.25) is 0 Å². The highest BCUT2D eigenvalue weighted by Crippen LogP contribution is 2.51. The summed E-state index contributed by atoms with van der Waals surface area (Å²) in [5.41, 5.74) is 3.25. The van der Waals surface area contributed by atoms with Crippen LogP contribution in [0, 0.1) is 6.92 Å². The lowest BCUT2D eigenvalue weighted by Gasteiger charge is -2.34. The zero-order valence-corrected chi connectivity index (χ0v) is 23.8. The van der Waals surface area contributed by atoms with Crippen LogP contribution in [0.15, 0.2) is 53.4 Å². The highest BCUT2D eigenvalue weighted by molar-refractivity contribution is 8.24. The number of hydrogen-bond donors (Lipinski definition) is 3. The van der Waals surface area contributed by atoms with Crippen LogP contribution in [0.5, 0.6) is 0 Å². The average molecular weight is 555 g/mol. The maximum absolute atomic E-state index is 12.6. The molecule has 0 spiro atoms. The minimum Gasteiger partial charge on any atom is -0.444 e. The molecule has 1 saturated heterocycles. The topological polar surface area (TPSA) is 107 Å². The Morgan fingerprint density at radius 2 is 1.97 bits per heavy atom. The summed E-state index contributed by atoms with van der Waals surface area (Å²) in [6.07, 6.45) is -0.517. The standard InChI is InChI=1S/C29H38N4O5S/c1-20-9-10-24-23(15-20)25(30-17-22-19-33(11-13-37-22)28(34)38-29(2,3)4)16-27(31-24)32-12-14-39(35,36)26-8-6-5-7-21(26)18-32/h5-10,15-16,22,35-36H,11-14,17-19H2,1-4H3,(H,30,31). The SMILES string of the molecule is Cc1ccc2nc(N3CCS(O)(O)c4ccccc4C3)cc(NCC3CN(C(=O)OC(C)(C)C)CCO3)c2c1. The summed E-state index contributed by atoms with van der Waals surface area (Å²) in [7, 11) is -2.87. The van der Waals surface area contributed by atoms with Gasteiger partial charge in [-0.15, -0.1) is 0 Å². The summed E-state index contributed by atoms with van der Waals surface area (Å²) in [5, 5.41) is 4.56. The molecular weight excluding hydrogens is 516 g/mol. The van der Waals surface area contributed by atoms with Gasteiger partial charge in [0.15, 0.2) is 0 Å². The molecule has 39 heavy (non-hydrogen) atoms. The van der Waals surface area contributed by atoms with Gasteiger partial charge in [0.25, 0.3) is 0 Å². The van der Waals surface area contributed by atoms with E-state index >= 15 is 0 Å². The first kappa shape index (κ1) is 27.5. The maximum Gasteiger partial charge on any atom is 0.410 e. The number of benzene rings is 2. The average Bonchev–Trinajstić information content (AvgIpc) is 3.02. The van der Waals surface area contributed by atoms with Crippen molar-refractivity contribution < 1.29 is 23.4 Å². The summed E-state index contributed by atoms with van der Waals surface area (Å²) < 4.78 is 33.2. The Kier molecular flexibility index (Phi) is 7.65. The highest BCUT2D eigenvalue weighted by atomic mass is 32.3. The van der Waals surface area contributed by atoms with Gasteiger partial charge >= 0.3 is 6.09 Å². The van der Waals surface area contributed by atoms with Crippen LogP contribution in [0.3, 0.4) is 0 Å². The number of aryl methyl sites for hydroxylation is 1. The number of carbonyl (C=O) groups is 1. The molecule has 1 unspecified atom stereocenters. The Bertz CT molecular complexity index is 1360. The number of fused-ring (bicyclic) bond motifs is 2. The molecule has 1 amide bonds. The van der Waals surface area contributed by atoms with Gasteiger partial charge in [0.05, 0.1) is 35.4 Å². The number of nitrogens with one attached hydrogen (secondary N) is 1. The Morgan fingerprint density at radius 1 is 1.18 bits per heavy atom. The van der Waals surface area contributed by atoms with Gasteiger partial charge in [-0.25, -0.2) is 9.78 Å². The summed E-state index contributed by atoms with van der Waals surface area (Å²) in [5.74, 6) is 1.01. The Labute approximate surface area is 231 Å². The van der Waals surface area contributed by atoms with Gasteiger partial charge in [-0.3, -0.25) is 9.11 Å². The molecule has 3 aromatic rings. The van der Waals surface area contributed by atoms with Crippen LogP contribution >= 0.6 is 10.6 Å². The van der Waals surface area contributed by atoms with Crippen LogP contribution < -0.4 is 10.2 Å². The number of amides is 1. The second-order valence-electron chi connectivity index (χ2n) is 11.2. The van der Waals surface area contributed by atoms with Gasteiger partial charge in [-0.05, 0) is 51.5 Å². The van der Waals surface area contributed by atoms with Crippen LogP contribution in [-0.2, 0) is 16.0 Å². The van der Waals surface area contributed by atoms with Crippen LogP contribution in [-0.4, -0.2) is 75.3 Å². The van der Waals surface area contributed by atoms with E-state index in [4.69, 9.17) is 14.5 Å². The lowest BCUT2D eigenvalue weighted by Crippen LogP contribution is -2.49. The van der Waals surface area contributed by atoms with Crippen molar-refractivity contribution in [2.45, 2.75) is 50.8 Å². The van der Waals surface area contributed by atoms with E-state index in [0.29, 0.717) is 44.2 Å². The number of hydrogen-bond acceptors (Lipinski definition) is 8. The second kappa shape index (κ2) is 10.8. The molecule has 2 aliphatic heterocycles. The van der Waals surface area contributed by atoms with Crippen LogP contribution in [0.4, 0.5) is 16.3 Å². The fraction of sp³-hybridized carbons (Fsp3) is 0.448. The molecule has 0 bridgehead atoms. The number of nitrogens with zero attached hydrogens (tertiary/aromatic N) is 3. The number of ether oxygens (including phenoxy) is 2. The predicted molar refractivity (Wildman–Crippen MR) is 156 cm³/mol. The molecule has 0 saturated carbocycles. The number of anilines is 2. The molecule has 0 aliphatic carbocycles. The van der Waals surface area contributed by atoms with E-state index in [1.54, 1.807) is 4.90 Å². The summed E-state index contributed by atoms with van der Waals surface area (Å²) >= 11 is 0. The lowest BCUT2D eigenvalue weighted by molar-refractivity contribution is -0.0371. The minimum atomic E-state index is -2.87. The van der Waals surface area contributed by atoms with E-state index in [-0.39, 0.29) is 18.0 Å². The Balaban J connectivity index is 1.38. The van der Waals surface area contributed by atoms with Crippen molar-refractivity contribution >= 4 is 39.1 Å². The largest absolute Gasteiger partial charge is 0.444 e. The summed E-state index contributed by atoms with van der Waals surface area (Å²) in [6.45, 7) is 10.6. The van der Waals surface area contributed by atoms with Gasteiger partial charge in [-0.1, -0.05) is 29.8 Å². The molecule has 2 aliphatic rings. The zero-order chi connectivity index (χ0) is 27.8. The lowest BCUT2D eigenvalue weighted by atomic mass is 10.1. The molecule has 5 rings (SSSR count). The van der Waals surface area contributed by atoms with Gasteiger partial charge in [0.1, 0.15) is 11.4 Å². The van der Waals surface area contributed by atoms with Crippen molar-refractivity contribution in [3.8, 4) is 0 Å². The third kappa shape index (κ3) is 6.41. The van der Waals surface area contributed by atoms with E-state index in [2.05, 4.69) is 23.2 Å². The normalized spacial score (nSPS) is 20.2. The van der Waals surface area contributed by atoms with E-state index in [1.165, 1.54) is 0 Å². The maximum atomic E-state index is 12.6. The van der Waals surface area contributed by atoms with Gasteiger partial charge in [0, 0.05) is 43.3 Å². The smallest absolute Gasteiger partial charge is 0.410 e. The quantitative estimate of drug-likeness (QED) is 0.376. The fourth-order valence-corrected chi connectivity index (χ4v) is 6.52. The van der Waals surface area contributed by atoms with Crippen LogP contribution in [0.1, 0.15) is 31.9 Å². The zero-order valence-electron chi connectivity index (χ0n) is 23.0. The molecular formula is C29H38N4O5S. The van der Waals surface area contributed by atoms with Crippen molar-refractivity contribution in [3.63, 3.8) is 0 Å². The number of carbonyl (C=O) groups excluding carboxylic acids is 1. The molecule has 3 heterocycles. The third-order valence-corrected chi connectivity index (χ3v) is 8.77. The first-order chi connectivity index (χ1) is 18.5. The van der Waals surface area contributed by atoms with Crippen molar-refractivity contribution in [1.82, 2.24) is 9.88 Å². The third-order valence-electron chi connectivity index (χ3n) is 6.92. The van der Waals surface area contributed by atoms with Crippen molar-refractivity contribution in [3.05, 3.63) is 59.7 Å². The molecule has 9 nitrogen and oxygen atoms in total. The molecule has 2 aromatic carbocycles. The van der Waals surface area contributed by atoms with E-state index in [0.717, 1.165) is 33.5 Å². The first-order valence-corrected chi connectivity index (χ1v) is 15.0. The molecule has 1 fully saturated rings. The summed E-state index contributed by atoms with van der Waals surface area (Å²) in [6, 6.07) is 15.7. The van der Waals surface area contributed by atoms with Crippen molar-refractivity contribution in [1.29, 1.82) is 0 Å². The molecule has 0 radical (unpaired) electrons. The number of aromatic nitrogens is 1. The monoisotopic (exact) mass is 554 g/mol. The predicted octanol–water partition coefficient (Wildman–Crippen LogP) is 5.72. The molecule has 1 aromatic heterocycles. The first-order valence-electron chi connectivity index (χ1n) is 13.3. The molecule has 3 N–H and O–H groups in total. The van der Waals surface area contributed by atoms with Gasteiger partial charge in [-0.2, -0.15) is 10.6 Å². The van der Waals surface area contributed by atoms with Crippen LogP contribution in [0.25, 0.3) is 10.9 Å². The van der Waals surface area contributed by atoms with E-state index < -0.39 is 16.2 Å². The fourth-order valence-electron chi connectivity index (χ4n) is 4.97. The number of rotatable bonds is 4. The Hall–Kier alpha value is -3.05. The van der Waals surface area contributed by atoms with Gasteiger partial charge < -0.3 is 24.6 Å². The number of morpholine rings is 1. The van der Waals surface area contributed by atoms with E-state index in [1.807, 2.05) is 63.2 Å². The van der Waals surface area contributed by atoms with Crippen molar-refractivity contribution in [2.24, 2.45) is 0 Å². The molecule has 1 atom stereocenters. The Morgan fingerprint density at radius 3 is 2.77 bits per heavy atom. The van der Waals surface area contributed by atoms with E-state index in [9.17, 15) is 13.9 Å².